The van der Waals surface area contributed by atoms with Gasteiger partial charge in [-0.15, -0.1) is 0 Å². The van der Waals surface area contributed by atoms with Crippen molar-refractivity contribution < 1.29 is 13.2 Å². The van der Waals surface area contributed by atoms with Crippen molar-refractivity contribution in [2.75, 3.05) is 0 Å². The summed E-state index contributed by atoms with van der Waals surface area (Å²) < 4.78 is 41.8. The number of aryl methyl sites for hydroxylation is 2. The average molecular weight is 421 g/mol. The van der Waals surface area contributed by atoms with Gasteiger partial charge in [-0.25, -0.2) is 23.1 Å². The molecule has 2 nitrogen and oxygen atoms in total. The van der Waals surface area contributed by atoms with Crippen LogP contribution < -0.4 is 0 Å². The van der Waals surface area contributed by atoms with Crippen molar-refractivity contribution in [2.45, 2.75) is 97.1 Å². The molecule has 2 aromatic rings. The van der Waals surface area contributed by atoms with Crippen LogP contribution in [0.2, 0.25) is 0 Å². The smallest absolute Gasteiger partial charge is 0.170 e. The summed E-state index contributed by atoms with van der Waals surface area (Å²) >= 11 is 0. The summed E-state index contributed by atoms with van der Waals surface area (Å²) in [6.45, 7) is 3.73. The van der Waals surface area contributed by atoms with Crippen LogP contribution in [0.25, 0.3) is 11.4 Å². The Bertz CT molecular complexity index is 745. The van der Waals surface area contributed by atoms with Gasteiger partial charge >= 0.3 is 0 Å². The molecule has 0 radical (unpaired) electrons. The van der Waals surface area contributed by atoms with E-state index in [4.69, 9.17) is 0 Å². The molecule has 0 aliphatic heterocycles. The van der Waals surface area contributed by atoms with Crippen molar-refractivity contribution in [1.82, 2.24) is 9.97 Å². The zero-order valence-electron chi connectivity index (χ0n) is 18.4. The second-order valence-corrected chi connectivity index (χ2v) is 8.21. The van der Waals surface area contributed by atoms with E-state index >= 15 is 0 Å². The SMILES string of the molecule is CCCCCCCCCc1cnc(-c2ccc(CCCCC(C)F)c(F)c2F)nc1. The van der Waals surface area contributed by atoms with Crippen LogP contribution in [0, 0.1) is 11.6 Å². The minimum atomic E-state index is -0.911. The predicted molar refractivity (Wildman–Crippen MR) is 117 cm³/mol. The standard InChI is InChI=1S/C25H35F3N2/c1-3-4-5-6-7-8-9-13-20-17-29-25(30-18-20)22-16-15-21(23(27)24(22)28)14-11-10-12-19(2)26/h15-19H,3-14H2,1-2H3. The molecule has 0 N–H and O–H groups in total. The monoisotopic (exact) mass is 420 g/mol. The van der Waals surface area contributed by atoms with Crippen molar-refractivity contribution >= 4 is 0 Å². The Labute approximate surface area is 179 Å². The molecule has 0 aliphatic carbocycles. The number of nitrogens with zero attached hydrogens (tertiary/aromatic N) is 2. The number of rotatable bonds is 14. The first kappa shape index (κ1) is 24.4. The van der Waals surface area contributed by atoms with Crippen molar-refractivity contribution in [1.29, 1.82) is 0 Å². The topological polar surface area (TPSA) is 25.8 Å². The zero-order chi connectivity index (χ0) is 21.8. The van der Waals surface area contributed by atoms with Gasteiger partial charge in [-0.2, -0.15) is 0 Å². The number of benzene rings is 1. The summed E-state index contributed by atoms with van der Waals surface area (Å²) in [6.07, 6.45) is 14.3. The number of unbranched alkanes of at least 4 members (excludes halogenated alkanes) is 7. The number of aromatic nitrogens is 2. The molecular formula is C25H35F3N2. The first-order valence-electron chi connectivity index (χ1n) is 11.4. The Balaban J connectivity index is 1.87. The lowest BCUT2D eigenvalue weighted by Crippen LogP contribution is -2.01. The van der Waals surface area contributed by atoms with Crippen LogP contribution in [0.4, 0.5) is 13.2 Å². The van der Waals surface area contributed by atoms with E-state index < -0.39 is 17.8 Å². The van der Waals surface area contributed by atoms with E-state index in [0.717, 1.165) is 18.4 Å². The largest absolute Gasteiger partial charge is 0.248 e. The Morgan fingerprint density at radius 3 is 2.10 bits per heavy atom. The Kier molecular flexibility index (Phi) is 10.9. The highest BCUT2D eigenvalue weighted by molar-refractivity contribution is 5.56. The van der Waals surface area contributed by atoms with E-state index in [1.54, 1.807) is 18.5 Å². The molecule has 166 valence electrons. The lowest BCUT2D eigenvalue weighted by molar-refractivity contribution is 0.331. The van der Waals surface area contributed by atoms with Gasteiger partial charge in [-0.3, -0.25) is 0 Å². The van der Waals surface area contributed by atoms with Gasteiger partial charge < -0.3 is 0 Å². The van der Waals surface area contributed by atoms with Crippen molar-refractivity contribution in [2.24, 2.45) is 0 Å². The molecule has 30 heavy (non-hydrogen) atoms. The third kappa shape index (κ3) is 8.08. The maximum Gasteiger partial charge on any atom is 0.170 e. The lowest BCUT2D eigenvalue weighted by atomic mass is 10.0. The van der Waals surface area contributed by atoms with Crippen LogP contribution in [0.5, 0.6) is 0 Å². The van der Waals surface area contributed by atoms with Gasteiger partial charge in [0.15, 0.2) is 17.5 Å². The maximum atomic E-state index is 14.5. The van der Waals surface area contributed by atoms with Gasteiger partial charge in [0.2, 0.25) is 0 Å². The molecule has 0 fully saturated rings. The summed E-state index contributed by atoms with van der Waals surface area (Å²) in [5.74, 6) is -1.56. The number of alkyl halides is 1. The van der Waals surface area contributed by atoms with Crippen molar-refractivity contribution in [3.63, 3.8) is 0 Å². The third-order valence-corrected chi connectivity index (χ3v) is 5.48. The average Bonchev–Trinajstić information content (AvgIpc) is 2.74. The van der Waals surface area contributed by atoms with Crippen LogP contribution in [-0.4, -0.2) is 16.1 Å². The minimum Gasteiger partial charge on any atom is -0.248 e. The minimum absolute atomic E-state index is 0.0797. The Morgan fingerprint density at radius 2 is 1.43 bits per heavy atom. The van der Waals surface area contributed by atoms with Crippen LogP contribution in [0.1, 0.15) is 89.2 Å². The summed E-state index contributed by atoms with van der Waals surface area (Å²) in [6, 6.07) is 3.12. The molecule has 0 aliphatic rings. The van der Waals surface area contributed by atoms with Crippen LogP contribution >= 0.6 is 0 Å². The summed E-state index contributed by atoms with van der Waals surface area (Å²) in [7, 11) is 0. The second kappa shape index (κ2) is 13.4. The molecule has 2 rings (SSSR count). The van der Waals surface area contributed by atoms with Crippen LogP contribution in [-0.2, 0) is 12.8 Å². The molecule has 1 atom stereocenters. The van der Waals surface area contributed by atoms with E-state index in [-0.39, 0.29) is 11.4 Å². The normalized spacial score (nSPS) is 12.3. The fraction of sp³-hybridized carbons (Fsp3) is 0.600. The van der Waals surface area contributed by atoms with Gasteiger partial charge in [0, 0.05) is 12.4 Å². The molecular weight excluding hydrogens is 385 g/mol. The highest BCUT2D eigenvalue weighted by Crippen LogP contribution is 2.25. The zero-order valence-corrected chi connectivity index (χ0v) is 18.4. The number of hydrogen-bond donors (Lipinski definition) is 0. The van der Waals surface area contributed by atoms with Crippen molar-refractivity contribution in [3.05, 3.63) is 47.3 Å². The van der Waals surface area contributed by atoms with Crippen LogP contribution in [0.15, 0.2) is 24.5 Å². The molecule has 1 heterocycles. The first-order valence-corrected chi connectivity index (χ1v) is 11.4. The lowest BCUT2D eigenvalue weighted by Gasteiger charge is -2.09. The van der Waals surface area contributed by atoms with Gasteiger partial charge in [0.25, 0.3) is 0 Å². The molecule has 0 saturated carbocycles. The van der Waals surface area contributed by atoms with E-state index in [1.165, 1.54) is 51.5 Å². The van der Waals surface area contributed by atoms with E-state index in [0.29, 0.717) is 31.2 Å². The Hall–Kier alpha value is -1.91. The molecule has 0 bridgehead atoms. The molecule has 1 unspecified atom stereocenters. The number of hydrogen-bond acceptors (Lipinski definition) is 2. The quantitative estimate of drug-likeness (QED) is 0.292. The van der Waals surface area contributed by atoms with Crippen LogP contribution in [0.3, 0.4) is 0 Å². The third-order valence-electron chi connectivity index (χ3n) is 5.48. The van der Waals surface area contributed by atoms with E-state index in [1.807, 2.05) is 0 Å². The predicted octanol–water partition coefficient (Wildman–Crippen LogP) is 7.79. The highest BCUT2D eigenvalue weighted by Gasteiger charge is 2.16. The maximum absolute atomic E-state index is 14.5. The molecule has 5 heteroatoms. The fourth-order valence-electron chi connectivity index (χ4n) is 3.61. The highest BCUT2D eigenvalue weighted by atomic mass is 19.2. The number of halogens is 3. The van der Waals surface area contributed by atoms with Gasteiger partial charge in [-0.1, -0.05) is 57.9 Å². The van der Waals surface area contributed by atoms with Gasteiger partial charge in [0.1, 0.15) is 0 Å². The second-order valence-electron chi connectivity index (χ2n) is 8.21. The van der Waals surface area contributed by atoms with E-state index in [2.05, 4.69) is 16.9 Å². The van der Waals surface area contributed by atoms with Gasteiger partial charge in [0.05, 0.1) is 11.7 Å². The van der Waals surface area contributed by atoms with Crippen molar-refractivity contribution in [3.8, 4) is 11.4 Å². The first-order chi connectivity index (χ1) is 14.5. The summed E-state index contributed by atoms with van der Waals surface area (Å²) in [5.41, 5.74) is 1.42. The summed E-state index contributed by atoms with van der Waals surface area (Å²) in [5, 5.41) is 0. The molecule has 0 amide bonds. The molecule has 0 spiro atoms. The molecule has 0 saturated heterocycles. The Morgan fingerprint density at radius 1 is 0.800 bits per heavy atom. The molecule has 1 aromatic carbocycles. The summed E-state index contributed by atoms with van der Waals surface area (Å²) in [4.78, 5) is 8.51. The van der Waals surface area contributed by atoms with E-state index in [9.17, 15) is 13.2 Å². The fourth-order valence-corrected chi connectivity index (χ4v) is 3.61. The molecule has 1 aromatic heterocycles. The van der Waals surface area contributed by atoms with Gasteiger partial charge in [-0.05, 0) is 56.2 Å².